The molecular formula is C17H15N5OS2. The second-order valence-corrected chi connectivity index (χ2v) is 7.32. The van der Waals surface area contributed by atoms with Crippen molar-refractivity contribution in [2.24, 2.45) is 0 Å². The number of aromatic nitrogens is 4. The first kappa shape index (κ1) is 15.8. The Morgan fingerprint density at radius 3 is 2.88 bits per heavy atom. The highest BCUT2D eigenvalue weighted by Gasteiger charge is 2.08. The van der Waals surface area contributed by atoms with Crippen molar-refractivity contribution in [2.45, 2.75) is 6.54 Å². The predicted molar refractivity (Wildman–Crippen MR) is 102 cm³/mol. The number of imidazole rings is 1. The van der Waals surface area contributed by atoms with E-state index in [1.807, 2.05) is 6.07 Å². The summed E-state index contributed by atoms with van der Waals surface area (Å²) in [5.41, 5.74) is 0.778. The fourth-order valence-corrected chi connectivity index (χ4v) is 4.23. The Bertz CT molecular complexity index is 1020. The zero-order chi connectivity index (χ0) is 17.1. The molecule has 0 fully saturated rings. The van der Waals surface area contributed by atoms with E-state index in [2.05, 4.69) is 49.9 Å². The van der Waals surface area contributed by atoms with Gasteiger partial charge in [0.1, 0.15) is 0 Å². The molecule has 25 heavy (non-hydrogen) atoms. The lowest BCUT2D eigenvalue weighted by Gasteiger charge is -2.06. The Morgan fingerprint density at radius 2 is 2.08 bits per heavy atom. The molecule has 4 aromatic heterocycles. The third kappa shape index (κ3) is 3.54. The van der Waals surface area contributed by atoms with Crippen LogP contribution in [0.1, 0.15) is 0 Å². The quantitative estimate of drug-likeness (QED) is 0.545. The van der Waals surface area contributed by atoms with E-state index in [1.165, 1.54) is 9.75 Å². The van der Waals surface area contributed by atoms with Gasteiger partial charge in [-0.05, 0) is 29.6 Å². The van der Waals surface area contributed by atoms with E-state index >= 15 is 0 Å². The van der Waals surface area contributed by atoms with Crippen LogP contribution >= 0.6 is 22.7 Å². The maximum Gasteiger partial charge on any atom is 0.325 e. The summed E-state index contributed by atoms with van der Waals surface area (Å²) in [6.07, 6.45) is 5.10. The Hall–Kier alpha value is -2.71. The average molecular weight is 369 g/mol. The maximum atomic E-state index is 11.5. The second-order valence-electron chi connectivity index (χ2n) is 5.29. The number of H-pyrrole nitrogens is 1. The number of rotatable bonds is 6. The molecule has 4 heterocycles. The van der Waals surface area contributed by atoms with E-state index in [1.54, 1.807) is 45.8 Å². The molecule has 0 unspecified atom stereocenters. The van der Waals surface area contributed by atoms with Gasteiger partial charge in [0, 0.05) is 41.4 Å². The molecule has 0 aliphatic rings. The van der Waals surface area contributed by atoms with Crippen LogP contribution in [0.15, 0.2) is 59.1 Å². The first-order valence-electron chi connectivity index (χ1n) is 7.74. The molecule has 0 saturated heterocycles. The van der Waals surface area contributed by atoms with E-state index in [0.717, 1.165) is 10.6 Å². The summed E-state index contributed by atoms with van der Waals surface area (Å²) >= 11 is 3.45. The van der Waals surface area contributed by atoms with Crippen LogP contribution in [0.5, 0.6) is 0 Å². The Morgan fingerprint density at radius 1 is 1.16 bits per heavy atom. The molecule has 0 atom stereocenters. The van der Waals surface area contributed by atoms with Crippen LogP contribution in [0.2, 0.25) is 0 Å². The molecule has 0 bridgehead atoms. The number of hydrogen-bond donors (Lipinski definition) is 2. The maximum absolute atomic E-state index is 11.5. The van der Waals surface area contributed by atoms with E-state index < -0.39 is 0 Å². The average Bonchev–Trinajstić information content (AvgIpc) is 3.37. The van der Waals surface area contributed by atoms with Crippen molar-refractivity contribution >= 4 is 28.6 Å². The van der Waals surface area contributed by atoms with Crippen molar-refractivity contribution in [1.82, 2.24) is 19.5 Å². The summed E-state index contributed by atoms with van der Waals surface area (Å²) in [5.74, 6) is 0.562. The summed E-state index contributed by atoms with van der Waals surface area (Å²) in [7, 11) is 0. The van der Waals surface area contributed by atoms with Crippen molar-refractivity contribution in [3.8, 4) is 20.3 Å². The molecule has 8 heteroatoms. The van der Waals surface area contributed by atoms with Gasteiger partial charge in [-0.1, -0.05) is 6.07 Å². The molecule has 0 spiro atoms. The Labute approximate surface area is 151 Å². The highest BCUT2D eigenvalue weighted by Crippen LogP contribution is 2.35. The van der Waals surface area contributed by atoms with Crippen molar-refractivity contribution in [1.29, 1.82) is 0 Å². The molecular weight excluding hydrogens is 354 g/mol. The Balaban J connectivity index is 1.46. The normalized spacial score (nSPS) is 10.9. The minimum absolute atomic E-state index is 0.115. The number of anilines is 1. The third-order valence-electron chi connectivity index (χ3n) is 3.64. The van der Waals surface area contributed by atoms with E-state index in [0.29, 0.717) is 19.0 Å². The molecule has 0 aromatic carbocycles. The van der Waals surface area contributed by atoms with E-state index in [4.69, 9.17) is 0 Å². The van der Waals surface area contributed by atoms with Crippen LogP contribution in [0.3, 0.4) is 0 Å². The van der Waals surface area contributed by atoms with Gasteiger partial charge in [-0.15, -0.1) is 22.7 Å². The molecule has 126 valence electrons. The first-order valence-corrected chi connectivity index (χ1v) is 9.44. The predicted octanol–water partition coefficient (Wildman–Crippen LogP) is 3.54. The van der Waals surface area contributed by atoms with Gasteiger partial charge < -0.3 is 10.3 Å². The minimum Gasteiger partial charge on any atom is -0.352 e. The van der Waals surface area contributed by atoms with Gasteiger partial charge in [-0.25, -0.2) is 14.8 Å². The number of thiophene rings is 2. The lowest BCUT2D eigenvalue weighted by atomic mass is 10.3. The van der Waals surface area contributed by atoms with Crippen LogP contribution in [-0.2, 0) is 6.54 Å². The van der Waals surface area contributed by atoms with Gasteiger partial charge in [0.05, 0.1) is 10.6 Å². The number of nitrogens with zero attached hydrogens (tertiary/aromatic N) is 3. The summed E-state index contributed by atoms with van der Waals surface area (Å²) in [6.45, 7) is 1.13. The molecule has 0 aliphatic heterocycles. The SMILES string of the molecule is O=c1[nH]ccn1CCNc1nccc(-c2ccc(-c3cccs3)s2)n1. The van der Waals surface area contributed by atoms with Gasteiger partial charge in [0.15, 0.2) is 0 Å². The fraction of sp³-hybridized carbons (Fsp3) is 0.118. The summed E-state index contributed by atoms with van der Waals surface area (Å²) < 4.78 is 1.60. The van der Waals surface area contributed by atoms with Crippen LogP contribution in [0.4, 0.5) is 5.95 Å². The summed E-state index contributed by atoms with van der Waals surface area (Å²) in [4.78, 5) is 26.5. The highest BCUT2D eigenvalue weighted by molar-refractivity contribution is 7.23. The molecule has 0 amide bonds. The topological polar surface area (TPSA) is 75.6 Å². The van der Waals surface area contributed by atoms with Gasteiger partial charge in [-0.2, -0.15) is 0 Å². The van der Waals surface area contributed by atoms with Gasteiger partial charge >= 0.3 is 5.69 Å². The van der Waals surface area contributed by atoms with Crippen molar-refractivity contribution in [2.75, 3.05) is 11.9 Å². The fourth-order valence-electron chi connectivity index (χ4n) is 2.42. The lowest BCUT2D eigenvalue weighted by Crippen LogP contribution is -2.21. The monoisotopic (exact) mass is 369 g/mol. The van der Waals surface area contributed by atoms with Gasteiger partial charge in [0.25, 0.3) is 0 Å². The standard InChI is InChI=1S/C17H15N5OS2/c23-17-20-8-10-22(17)9-7-19-16-18-6-5-12(21-16)13-3-4-15(25-13)14-2-1-11-24-14/h1-6,8,10-11H,7,9H2,(H,20,23)(H,18,19,21). The van der Waals surface area contributed by atoms with Crippen molar-refractivity contribution in [3.05, 3.63) is 64.8 Å². The lowest BCUT2D eigenvalue weighted by molar-refractivity contribution is 0.697. The second kappa shape index (κ2) is 7.04. The van der Waals surface area contributed by atoms with Crippen LogP contribution < -0.4 is 11.0 Å². The molecule has 0 saturated carbocycles. The van der Waals surface area contributed by atoms with Crippen LogP contribution in [-0.4, -0.2) is 26.1 Å². The first-order chi connectivity index (χ1) is 12.3. The van der Waals surface area contributed by atoms with Crippen molar-refractivity contribution in [3.63, 3.8) is 0 Å². The molecule has 4 aromatic rings. The number of aromatic amines is 1. The summed E-state index contributed by atoms with van der Waals surface area (Å²) in [6, 6.07) is 10.3. The minimum atomic E-state index is -0.115. The van der Waals surface area contributed by atoms with Gasteiger partial charge in [0.2, 0.25) is 5.95 Å². The smallest absolute Gasteiger partial charge is 0.325 e. The molecule has 6 nitrogen and oxygen atoms in total. The van der Waals surface area contributed by atoms with Crippen LogP contribution in [0.25, 0.3) is 20.3 Å². The number of nitrogens with one attached hydrogen (secondary N) is 2. The van der Waals surface area contributed by atoms with Gasteiger partial charge in [-0.3, -0.25) is 4.57 Å². The largest absolute Gasteiger partial charge is 0.352 e. The molecule has 4 rings (SSSR count). The van der Waals surface area contributed by atoms with E-state index in [9.17, 15) is 4.79 Å². The van der Waals surface area contributed by atoms with Crippen molar-refractivity contribution < 1.29 is 0 Å². The molecule has 0 aliphatic carbocycles. The zero-order valence-corrected chi connectivity index (χ0v) is 14.8. The van der Waals surface area contributed by atoms with E-state index in [-0.39, 0.29) is 5.69 Å². The third-order valence-corrected chi connectivity index (χ3v) is 5.81. The molecule has 2 N–H and O–H groups in total. The summed E-state index contributed by atoms with van der Waals surface area (Å²) in [5, 5.41) is 5.25. The highest BCUT2D eigenvalue weighted by atomic mass is 32.1. The zero-order valence-electron chi connectivity index (χ0n) is 13.2. The Kier molecular flexibility index (Phi) is 4.45. The van der Waals surface area contributed by atoms with Crippen LogP contribution in [0, 0.1) is 0 Å². The molecule has 0 radical (unpaired) electrons. The number of hydrogen-bond acceptors (Lipinski definition) is 6.